The molecule has 0 spiro atoms. The number of ether oxygens (including phenoxy) is 1. The first-order valence-electron chi connectivity index (χ1n) is 7.33. The Labute approximate surface area is 134 Å². The van der Waals surface area contributed by atoms with Crippen LogP contribution in [0.1, 0.15) is 36.0 Å². The summed E-state index contributed by atoms with van der Waals surface area (Å²) in [6.45, 7) is 3.38. The Balaban J connectivity index is 1.67. The van der Waals surface area contributed by atoms with Crippen LogP contribution in [0.25, 0.3) is 0 Å². The molecule has 0 aliphatic heterocycles. The number of hydrogen-bond donors (Lipinski definition) is 1. The molecule has 1 aliphatic rings. The van der Waals surface area contributed by atoms with E-state index in [2.05, 4.69) is 28.7 Å². The molecule has 0 saturated heterocycles. The summed E-state index contributed by atoms with van der Waals surface area (Å²) in [6.07, 6.45) is 3.51. The molecule has 0 unspecified atom stereocenters. The number of nitrogens with zero attached hydrogens (tertiary/aromatic N) is 1. The summed E-state index contributed by atoms with van der Waals surface area (Å²) in [7, 11) is 0. The van der Waals surface area contributed by atoms with Crippen LogP contribution in [0.2, 0.25) is 5.02 Å². The van der Waals surface area contributed by atoms with Gasteiger partial charge in [0.1, 0.15) is 12.4 Å². The van der Waals surface area contributed by atoms with Gasteiger partial charge in [-0.05, 0) is 25.3 Å². The zero-order chi connectivity index (χ0) is 14.7. The van der Waals surface area contributed by atoms with Gasteiger partial charge in [-0.3, -0.25) is 0 Å². The van der Waals surface area contributed by atoms with E-state index in [1.165, 1.54) is 12.8 Å². The number of rotatable bonds is 7. The van der Waals surface area contributed by atoms with Crippen LogP contribution >= 0.6 is 22.9 Å². The zero-order valence-corrected chi connectivity index (χ0v) is 13.6. The van der Waals surface area contributed by atoms with Gasteiger partial charge in [-0.25, -0.2) is 4.98 Å². The molecule has 1 fully saturated rings. The molecular formula is C16H19ClN2OS. The van der Waals surface area contributed by atoms with Crippen molar-refractivity contribution in [3.05, 3.63) is 44.9 Å². The van der Waals surface area contributed by atoms with Gasteiger partial charge in [-0.1, -0.05) is 30.7 Å². The summed E-state index contributed by atoms with van der Waals surface area (Å²) in [4.78, 5) is 4.52. The van der Waals surface area contributed by atoms with Gasteiger partial charge in [0.25, 0.3) is 0 Å². The summed E-state index contributed by atoms with van der Waals surface area (Å²) < 4.78 is 5.94. The summed E-state index contributed by atoms with van der Waals surface area (Å²) in [5, 5.41) is 7.36. The van der Waals surface area contributed by atoms with Gasteiger partial charge >= 0.3 is 0 Å². The Morgan fingerprint density at radius 1 is 1.43 bits per heavy atom. The monoisotopic (exact) mass is 322 g/mol. The molecule has 0 bridgehead atoms. The van der Waals surface area contributed by atoms with Crippen molar-refractivity contribution in [1.82, 2.24) is 10.3 Å². The number of aryl methyl sites for hydroxylation is 1. The van der Waals surface area contributed by atoms with Crippen LogP contribution in [-0.2, 0) is 19.6 Å². The van der Waals surface area contributed by atoms with E-state index in [1.807, 2.05) is 12.1 Å². The first kappa shape index (κ1) is 14.8. The van der Waals surface area contributed by atoms with Crippen molar-refractivity contribution in [1.29, 1.82) is 0 Å². The number of thiazole rings is 1. The first-order valence-corrected chi connectivity index (χ1v) is 8.59. The molecule has 1 saturated carbocycles. The molecule has 3 nitrogen and oxygen atoms in total. The van der Waals surface area contributed by atoms with Gasteiger partial charge in [-0.2, -0.15) is 0 Å². The fourth-order valence-corrected chi connectivity index (χ4v) is 3.10. The Bertz CT molecular complexity index is 610. The topological polar surface area (TPSA) is 34.1 Å². The van der Waals surface area contributed by atoms with Crippen LogP contribution in [0, 0.1) is 0 Å². The maximum absolute atomic E-state index is 6.29. The van der Waals surface area contributed by atoms with Gasteiger partial charge in [-0.15, -0.1) is 11.3 Å². The number of nitrogens with one attached hydrogen (secondary N) is 1. The van der Waals surface area contributed by atoms with Crippen molar-refractivity contribution in [2.24, 2.45) is 0 Å². The van der Waals surface area contributed by atoms with Gasteiger partial charge in [0.05, 0.1) is 15.7 Å². The van der Waals surface area contributed by atoms with Gasteiger partial charge in [0.2, 0.25) is 0 Å². The van der Waals surface area contributed by atoms with Crippen molar-refractivity contribution in [2.75, 3.05) is 0 Å². The largest absolute Gasteiger partial charge is 0.485 e. The van der Waals surface area contributed by atoms with Gasteiger partial charge in [0.15, 0.2) is 0 Å². The lowest BCUT2D eigenvalue weighted by Crippen LogP contribution is -2.16. The molecule has 0 atom stereocenters. The summed E-state index contributed by atoms with van der Waals surface area (Å²) in [5.41, 5.74) is 2.08. The second-order valence-electron chi connectivity index (χ2n) is 5.26. The van der Waals surface area contributed by atoms with Crippen LogP contribution in [0.3, 0.4) is 0 Å². The number of benzene rings is 1. The lowest BCUT2D eigenvalue weighted by atomic mass is 10.2. The van der Waals surface area contributed by atoms with E-state index in [0.29, 0.717) is 17.7 Å². The van der Waals surface area contributed by atoms with E-state index in [0.717, 1.165) is 35.0 Å². The quantitative estimate of drug-likeness (QED) is 0.830. The molecule has 0 amide bonds. The van der Waals surface area contributed by atoms with Crippen molar-refractivity contribution in [3.8, 4) is 5.75 Å². The minimum atomic E-state index is 0.469. The van der Waals surface area contributed by atoms with Crippen LogP contribution in [0.4, 0.5) is 0 Å². The van der Waals surface area contributed by atoms with Crippen molar-refractivity contribution in [3.63, 3.8) is 0 Å². The molecule has 1 N–H and O–H groups in total. The molecule has 0 radical (unpaired) electrons. The Kier molecular flexibility index (Phi) is 4.78. The lowest BCUT2D eigenvalue weighted by molar-refractivity contribution is 0.298. The molecular weight excluding hydrogens is 304 g/mol. The molecule has 1 aromatic carbocycles. The van der Waals surface area contributed by atoms with Crippen LogP contribution in [0.5, 0.6) is 5.75 Å². The fraction of sp³-hybridized carbons (Fsp3) is 0.438. The minimum Gasteiger partial charge on any atom is -0.485 e. The third kappa shape index (κ3) is 3.96. The molecule has 1 aromatic heterocycles. The molecule has 5 heteroatoms. The predicted molar refractivity (Wildman–Crippen MR) is 87.1 cm³/mol. The Hall–Kier alpha value is -1.10. The molecule has 1 heterocycles. The molecule has 1 aliphatic carbocycles. The normalized spacial score (nSPS) is 14.4. The highest BCUT2D eigenvalue weighted by Gasteiger charge is 2.21. The summed E-state index contributed by atoms with van der Waals surface area (Å²) in [6, 6.07) is 6.57. The number of para-hydroxylation sites is 1. The highest BCUT2D eigenvalue weighted by molar-refractivity contribution is 7.09. The molecule has 2 aromatic rings. The number of halogens is 1. The van der Waals surface area contributed by atoms with E-state index < -0.39 is 0 Å². The van der Waals surface area contributed by atoms with E-state index in [4.69, 9.17) is 16.3 Å². The van der Waals surface area contributed by atoms with Crippen LogP contribution < -0.4 is 10.1 Å². The average molecular weight is 323 g/mol. The van der Waals surface area contributed by atoms with Crippen LogP contribution in [-0.4, -0.2) is 11.0 Å². The minimum absolute atomic E-state index is 0.469. The van der Waals surface area contributed by atoms with E-state index in [9.17, 15) is 0 Å². The second-order valence-corrected chi connectivity index (χ2v) is 6.61. The molecule has 112 valence electrons. The van der Waals surface area contributed by atoms with Crippen LogP contribution in [0.15, 0.2) is 23.6 Å². The van der Waals surface area contributed by atoms with E-state index in [-0.39, 0.29) is 0 Å². The van der Waals surface area contributed by atoms with Gasteiger partial charge < -0.3 is 10.1 Å². The average Bonchev–Trinajstić information content (AvgIpc) is 3.21. The standard InChI is InChI=1S/C16H19ClN2OS/c1-2-15-19-13(10-21-15)9-20-16-11(4-3-5-14(16)17)8-18-12-6-7-12/h3-5,10,12,18H,2,6-9H2,1H3. The predicted octanol–water partition coefficient (Wildman–Crippen LogP) is 4.19. The Morgan fingerprint density at radius 3 is 3.00 bits per heavy atom. The molecule has 21 heavy (non-hydrogen) atoms. The number of aromatic nitrogens is 1. The summed E-state index contributed by atoms with van der Waals surface area (Å²) >= 11 is 7.97. The van der Waals surface area contributed by atoms with E-state index in [1.54, 1.807) is 11.3 Å². The number of hydrogen-bond acceptors (Lipinski definition) is 4. The van der Waals surface area contributed by atoms with E-state index >= 15 is 0 Å². The maximum atomic E-state index is 6.29. The summed E-state index contributed by atoms with van der Waals surface area (Å²) in [5.74, 6) is 0.776. The second kappa shape index (κ2) is 6.77. The first-order chi connectivity index (χ1) is 10.3. The zero-order valence-electron chi connectivity index (χ0n) is 12.1. The maximum Gasteiger partial charge on any atom is 0.142 e. The highest BCUT2D eigenvalue weighted by Crippen LogP contribution is 2.30. The van der Waals surface area contributed by atoms with Crippen molar-refractivity contribution < 1.29 is 4.74 Å². The smallest absolute Gasteiger partial charge is 0.142 e. The Morgan fingerprint density at radius 2 is 2.29 bits per heavy atom. The SMILES string of the molecule is CCc1nc(COc2c(Cl)cccc2CNC2CC2)cs1. The fourth-order valence-electron chi connectivity index (χ4n) is 2.12. The van der Waals surface area contributed by atoms with Gasteiger partial charge in [0, 0.05) is 23.5 Å². The highest BCUT2D eigenvalue weighted by atomic mass is 35.5. The third-order valence-corrected chi connectivity index (χ3v) is 4.81. The lowest BCUT2D eigenvalue weighted by Gasteiger charge is -2.13. The van der Waals surface area contributed by atoms with Crippen molar-refractivity contribution >= 4 is 22.9 Å². The van der Waals surface area contributed by atoms with Crippen molar-refractivity contribution in [2.45, 2.75) is 45.4 Å². The third-order valence-electron chi connectivity index (χ3n) is 3.47. The molecule has 3 rings (SSSR count).